The Bertz CT molecular complexity index is 1190. The normalized spacial score (nSPS) is 33.1. The van der Waals surface area contributed by atoms with Crippen molar-refractivity contribution in [1.82, 2.24) is 35.5 Å². The number of benzene rings is 1. The first-order valence-corrected chi connectivity index (χ1v) is 13.0. The van der Waals surface area contributed by atoms with Gasteiger partial charge in [0.15, 0.2) is 5.82 Å². The predicted octanol–water partition coefficient (Wildman–Crippen LogP) is 3.48. The zero-order chi connectivity index (χ0) is 23.6. The summed E-state index contributed by atoms with van der Waals surface area (Å²) >= 11 is 0. The van der Waals surface area contributed by atoms with Crippen LogP contribution in [0.2, 0.25) is 0 Å². The summed E-state index contributed by atoms with van der Waals surface area (Å²) in [5.41, 5.74) is 2.56. The summed E-state index contributed by atoms with van der Waals surface area (Å²) in [6.07, 6.45) is 10.8. The van der Waals surface area contributed by atoms with E-state index in [0.29, 0.717) is 24.8 Å². The van der Waals surface area contributed by atoms with Gasteiger partial charge in [0, 0.05) is 11.1 Å². The number of hydrogen-bond donors (Lipinski definition) is 3. The number of aromatic nitrogens is 6. The van der Waals surface area contributed by atoms with Gasteiger partial charge >= 0.3 is 0 Å². The van der Waals surface area contributed by atoms with Gasteiger partial charge in [0.2, 0.25) is 0 Å². The van der Waals surface area contributed by atoms with Gasteiger partial charge in [0.25, 0.3) is 0 Å². The molecule has 0 amide bonds. The highest BCUT2D eigenvalue weighted by atomic mass is 19.1. The van der Waals surface area contributed by atoms with Crippen LogP contribution in [0.15, 0.2) is 30.7 Å². The van der Waals surface area contributed by atoms with Crippen LogP contribution in [0.4, 0.5) is 4.39 Å². The number of aliphatic hydroxyl groups is 1. The van der Waals surface area contributed by atoms with Crippen LogP contribution in [0.5, 0.6) is 0 Å². The maximum Gasteiger partial charge on any atom is 0.162 e. The number of aromatic amines is 1. The van der Waals surface area contributed by atoms with Gasteiger partial charge in [-0.15, -0.1) is 5.10 Å². The summed E-state index contributed by atoms with van der Waals surface area (Å²) in [7, 11) is 0. The van der Waals surface area contributed by atoms with E-state index in [-0.39, 0.29) is 17.3 Å². The molecule has 4 unspecified atom stereocenters. The quantitative estimate of drug-likeness (QED) is 0.429. The van der Waals surface area contributed by atoms with Crippen LogP contribution >= 0.6 is 0 Å². The van der Waals surface area contributed by atoms with E-state index >= 15 is 0 Å². The SMILES string of the molecule is OC(CC1c2c(F)cccc2-c2cncn21)C12CC3CC(C1)C(CCNCc1nnn[nH]1)C(C3)C2. The largest absolute Gasteiger partial charge is 0.392 e. The van der Waals surface area contributed by atoms with Crippen molar-refractivity contribution >= 4 is 0 Å². The highest BCUT2D eigenvalue weighted by Gasteiger charge is 2.57. The molecule has 0 spiro atoms. The molecule has 3 aromatic rings. The minimum Gasteiger partial charge on any atom is -0.392 e. The van der Waals surface area contributed by atoms with Gasteiger partial charge in [-0.2, -0.15) is 0 Å². The maximum absolute atomic E-state index is 15.0. The van der Waals surface area contributed by atoms with Gasteiger partial charge in [-0.05, 0) is 97.1 Å². The van der Waals surface area contributed by atoms with Crippen LogP contribution < -0.4 is 5.32 Å². The summed E-state index contributed by atoms with van der Waals surface area (Å²) in [4.78, 5) is 4.32. The molecule has 4 fully saturated rings. The topological polar surface area (TPSA) is 105 Å². The number of rotatable bonds is 8. The van der Waals surface area contributed by atoms with Crippen molar-refractivity contribution in [3.8, 4) is 11.3 Å². The molecule has 4 aliphatic carbocycles. The summed E-state index contributed by atoms with van der Waals surface area (Å²) in [5, 5.41) is 29.2. The molecule has 8 nitrogen and oxygen atoms in total. The Morgan fingerprint density at radius 3 is 2.89 bits per heavy atom. The van der Waals surface area contributed by atoms with Crippen LogP contribution in [-0.4, -0.2) is 47.9 Å². The molecule has 1 aromatic carbocycles. The number of imidazole rings is 1. The first-order chi connectivity index (χ1) is 17.1. The van der Waals surface area contributed by atoms with Gasteiger partial charge in [-0.1, -0.05) is 12.1 Å². The Morgan fingerprint density at radius 2 is 2.09 bits per heavy atom. The molecule has 1 aliphatic heterocycles. The van der Waals surface area contributed by atoms with Crippen molar-refractivity contribution in [1.29, 1.82) is 0 Å². The third-order valence-corrected chi connectivity index (χ3v) is 9.67. The molecule has 184 valence electrons. The van der Waals surface area contributed by atoms with Gasteiger partial charge in [-0.25, -0.2) is 14.5 Å². The zero-order valence-corrected chi connectivity index (χ0v) is 19.8. The van der Waals surface area contributed by atoms with Gasteiger partial charge in [0.05, 0.1) is 36.9 Å². The van der Waals surface area contributed by atoms with E-state index in [2.05, 4.69) is 35.5 Å². The smallest absolute Gasteiger partial charge is 0.162 e. The first-order valence-electron chi connectivity index (χ1n) is 13.0. The summed E-state index contributed by atoms with van der Waals surface area (Å²) < 4.78 is 17.0. The molecule has 35 heavy (non-hydrogen) atoms. The summed E-state index contributed by atoms with van der Waals surface area (Å²) in [6.45, 7) is 1.62. The molecule has 5 aliphatic rings. The van der Waals surface area contributed by atoms with E-state index in [1.54, 1.807) is 18.5 Å². The third-order valence-electron chi connectivity index (χ3n) is 9.67. The van der Waals surface area contributed by atoms with Crippen molar-refractivity contribution in [2.24, 2.45) is 29.1 Å². The highest BCUT2D eigenvalue weighted by molar-refractivity contribution is 5.69. The van der Waals surface area contributed by atoms with Gasteiger partial charge in [-0.3, -0.25) is 0 Å². The second-order valence-electron chi connectivity index (χ2n) is 11.5. The van der Waals surface area contributed by atoms with Crippen LogP contribution in [0.3, 0.4) is 0 Å². The Hall–Kier alpha value is -2.65. The van der Waals surface area contributed by atoms with Gasteiger partial charge < -0.3 is 15.0 Å². The molecular weight excluding hydrogens is 445 g/mol. The minimum atomic E-state index is -0.431. The lowest BCUT2D eigenvalue weighted by Gasteiger charge is -2.62. The first kappa shape index (κ1) is 21.6. The lowest BCUT2D eigenvalue weighted by Crippen LogP contribution is -2.55. The molecule has 0 radical (unpaired) electrons. The fourth-order valence-corrected chi connectivity index (χ4v) is 8.49. The second kappa shape index (κ2) is 8.20. The highest BCUT2D eigenvalue weighted by Crippen LogP contribution is 2.64. The molecule has 3 N–H and O–H groups in total. The number of nitrogens with one attached hydrogen (secondary N) is 2. The summed E-state index contributed by atoms with van der Waals surface area (Å²) in [6, 6.07) is 5.10. The number of hydrogen-bond acceptors (Lipinski definition) is 6. The van der Waals surface area contributed by atoms with Gasteiger partial charge in [0.1, 0.15) is 5.82 Å². The average Bonchev–Trinajstić information content (AvgIpc) is 3.58. The molecule has 3 heterocycles. The lowest BCUT2D eigenvalue weighted by atomic mass is 9.44. The molecule has 4 bridgehead atoms. The van der Waals surface area contributed by atoms with Crippen molar-refractivity contribution < 1.29 is 9.50 Å². The van der Waals surface area contributed by atoms with E-state index in [1.165, 1.54) is 12.8 Å². The Balaban J connectivity index is 1.06. The fraction of sp³-hybridized carbons (Fsp3) is 0.615. The monoisotopic (exact) mass is 477 g/mol. The molecule has 0 saturated heterocycles. The molecule has 2 aromatic heterocycles. The molecule has 8 rings (SSSR count). The van der Waals surface area contributed by atoms with E-state index in [0.717, 1.165) is 66.7 Å². The molecule has 9 heteroatoms. The Labute approximate surface area is 203 Å². The molecule has 4 saturated carbocycles. The summed E-state index contributed by atoms with van der Waals surface area (Å²) in [5.74, 6) is 3.40. The van der Waals surface area contributed by atoms with Crippen LogP contribution in [0.1, 0.15) is 62.4 Å². The van der Waals surface area contributed by atoms with Crippen molar-refractivity contribution in [2.75, 3.05) is 6.54 Å². The third kappa shape index (κ3) is 3.46. The predicted molar refractivity (Wildman–Crippen MR) is 126 cm³/mol. The number of H-pyrrole nitrogens is 1. The average molecular weight is 478 g/mol. The zero-order valence-electron chi connectivity index (χ0n) is 19.8. The van der Waals surface area contributed by atoms with E-state index in [9.17, 15) is 9.50 Å². The van der Waals surface area contributed by atoms with E-state index < -0.39 is 6.10 Å². The van der Waals surface area contributed by atoms with Crippen LogP contribution in [0, 0.1) is 34.9 Å². The fourth-order valence-electron chi connectivity index (χ4n) is 8.49. The Morgan fingerprint density at radius 1 is 1.23 bits per heavy atom. The second-order valence-corrected chi connectivity index (χ2v) is 11.5. The number of tetrazole rings is 1. The number of halogens is 1. The van der Waals surface area contributed by atoms with Crippen molar-refractivity contribution in [3.05, 3.63) is 47.9 Å². The minimum absolute atomic E-state index is 0.0271. The Kier molecular flexibility index (Phi) is 5.06. The van der Waals surface area contributed by atoms with Crippen molar-refractivity contribution in [3.63, 3.8) is 0 Å². The number of nitrogens with zero attached hydrogens (tertiary/aromatic N) is 5. The van der Waals surface area contributed by atoms with E-state index in [4.69, 9.17) is 0 Å². The van der Waals surface area contributed by atoms with Crippen molar-refractivity contribution in [2.45, 2.75) is 63.6 Å². The molecule has 4 atom stereocenters. The van der Waals surface area contributed by atoms with Crippen LogP contribution in [0.25, 0.3) is 11.3 Å². The number of aliphatic hydroxyl groups excluding tert-OH is 1. The van der Waals surface area contributed by atoms with E-state index in [1.807, 2.05) is 12.3 Å². The maximum atomic E-state index is 15.0. The number of fused-ring (bicyclic) bond motifs is 3. The van der Waals surface area contributed by atoms with Crippen LogP contribution in [-0.2, 0) is 6.54 Å². The molecular formula is C26H32FN7O. The lowest BCUT2D eigenvalue weighted by molar-refractivity contribution is -0.151. The standard InChI is InChI=1S/C26H32FN7O/c27-20-3-1-2-19-22-12-29-14-34(22)21(25(19)20)8-23(35)26-9-15-6-16(10-26)18(17(7-15)11-26)4-5-28-13-24-30-32-33-31-24/h1-3,12,14-18,21,23,28,35H,4-11,13H2,(H,30,31,32,33).